The Labute approximate surface area is 101 Å². The van der Waals surface area contributed by atoms with Gasteiger partial charge in [0, 0.05) is 13.1 Å². The molecule has 0 aromatic rings. The van der Waals surface area contributed by atoms with Crippen molar-refractivity contribution >= 4 is 11.8 Å². The largest absolute Gasteiger partial charge is 0.353 e. The van der Waals surface area contributed by atoms with E-state index in [1.165, 1.54) is 12.8 Å². The second-order valence-electron chi connectivity index (χ2n) is 5.35. The molecule has 2 heterocycles. The third-order valence-corrected chi connectivity index (χ3v) is 4.36. The first-order valence-electron chi connectivity index (χ1n) is 6.54. The van der Waals surface area contributed by atoms with Crippen molar-refractivity contribution < 1.29 is 9.59 Å². The summed E-state index contributed by atoms with van der Waals surface area (Å²) in [4.78, 5) is 25.4. The van der Waals surface area contributed by atoms with Crippen molar-refractivity contribution in [3.05, 3.63) is 0 Å². The molecule has 0 spiro atoms. The highest BCUT2D eigenvalue weighted by atomic mass is 16.2. The van der Waals surface area contributed by atoms with Crippen molar-refractivity contribution in [2.24, 2.45) is 11.8 Å². The fraction of sp³-hybridized carbons (Fsp3) is 0.833. The number of hydrogen-bond acceptors (Lipinski definition) is 3. The topological polar surface area (TPSA) is 61.4 Å². The minimum atomic E-state index is -0.0365. The standard InChI is InChI=1S/C12H19N3O2/c16-10-7-15(5-4-13-10)12(17)11-9-3-1-2-8(9)6-14-11/h8-9,11,14H,1-7H2,(H,13,16). The van der Waals surface area contributed by atoms with Crippen molar-refractivity contribution in [1.82, 2.24) is 15.5 Å². The number of nitrogens with zero attached hydrogens (tertiary/aromatic N) is 1. The van der Waals surface area contributed by atoms with Gasteiger partial charge in [-0.1, -0.05) is 6.42 Å². The summed E-state index contributed by atoms with van der Waals surface area (Å²) in [6, 6.07) is -0.0339. The molecule has 2 aliphatic heterocycles. The number of hydrogen-bond donors (Lipinski definition) is 2. The lowest BCUT2D eigenvalue weighted by molar-refractivity contribution is -0.140. The van der Waals surface area contributed by atoms with E-state index in [0.29, 0.717) is 24.9 Å². The Bertz CT molecular complexity index is 345. The molecule has 3 fully saturated rings. The van der Waals surface area contributed by atoms with Crippen LogP contribution in [0.15, 0.2) is 0 Å². The maximum Gasteiger partial charge on any atom is 0.240 e. The predicted octanol–water partition coefficient (Wildman–Crippen LogP) is -0.667. The van der Waals surface area contributed by atoms with Crippen molar-refractivity contribution in [2.45, 2.75) is 25.3 Å². The van der Waals surface area contributed by atoms with Gasteiger partial charge in [-0.2, -0.15) is 0 Å². The first-order chi connectivity index (χ1) is 8.25. The molecule has 2 saturated heterocycles. The highest BCUT2D eigenvalue weighted by Gasteiger charge is 2.44. The van der Waals surface area contributed by atoms with Gasteiger partial charge in [0.25, 0.3) is 0 Å². The molecule has 3 rings (SSSR count). The Hall–Kier alpha value is -1.10. The molecule has 0 aromatic carbocycles. The van der Waals surface area contributed by atoms with Crippen LogP contribution in [0.5, 0.6) is 0 Å². The first kappa shape index (κ1) is 11.0. The molecule has 0 radical (unpaired) electrons. The number of fused-ring (bicyclic) bond motifs is 1. The van der Waals surface area contributed by atoms with Crippen LogP contribution in [-0.4, -0.2) is 48.9 Å². The molecule has 0 bridgehead atoms. The van der Waals surface area contributed by atoms with Gasteiger partial charge >= 0.3 is 0 Å². The molecule has 17 heavy (non-hydrogen) atoms. The quantitative estimate of drug-likeness (QED) is 0.636. The fourth-order valence-corrected chi connectivity index (χ4v) is 3.48. The summed E-state index contributed by atoms with van der Waals surface area (Å²) < 4.78 is 0. The van der Waals surface area contributed by atoms with Crippen LogP contribution >= 0.6 is 0 Å². The maximum absolute atomic E-state index is 12.4. The number of piperazine rings is 1. The molecule has 1 aliphatic carbocycles. The molecule has 3 atom stereocenters. The zero-order valence-corrected chi connectivity index (χ0v) is 9.95. The number of carbonyl (C=O) groups excluding carboxylic acids is 2. The zero-order valence-electron chi connectivity index (χ0n) is 9.95. The Morgan fingerprint density at radius 2 is 2.24 bits per heavy atom. The first-order valence-corrected chi connectivity index (χ1v) is 6.54. The third kappa shape index (κ3) is 1.92. The average Bonchev–Trinajstić information content (AvgIpc) is 2.89. The molecule has 3 aliphatic rings. The van der Waals surface area contributed by atoms with E-state index in [0.717, 1.165) is 13.0 Å². The van der Waals surface area contributed by atoms with Gasteiger partial charge in [0.05, 0.1) is 12.6 Å². The van der Waals surface area contributed by atoms with E-state index in [-0.39, 0.29) is 24.4 Å². The Kier molecular flexibility index (Phi) is 2.78. The van der Waals surface area contributed by atoms with Crippen LogP contribution in [-0.2, 0) is 9.59 Å². The highest BCUT2D eigenvalue weighted by molar-refractivity contribution is 5.89. The lowest BCUT2D eigenvalue weighted by atomic mass is 9.93. The number of rotatable bonds is 1. The van der Waals surface area contributed by atoms with Crippen LogP contribution in [0, 0.1) is 11.8 Å². The maximum atomic E-state index is 12.4. The van der Waals surface area contributed by atoms with Gasteiger partial charge < -0.3 is 15.5 Å². The van der Waals surface area contributed by atoms with Crippen molar-refractivity contribution in [1.29, 1.82) is 0 Å². The third-order valence-electron chi connectivity index (χ3n) is 4.36. The molecular weight excluding hydrogens is 218 g/mol. The van der Waals surface area contributed by atoms with Crippen molar-refractivity contribution in [3.8, 4) is 0 Å². The zero-order chi connectivity index (χ0) is 11.8. The monoisotopic (exact) mass is 237 g/mol. The molecule has 5 heteroatoms. The summed E-state index contributed by atoms with van der Waals surface area (Å²) in [5, 5.41) is 6.10. The molecule has 0 aromatic heterocycles. The van der Waals surface area contributed by atoms with E-state index in [1.807, 2.05) is 0 Å². The smallest absolute Gasteiger partial charge is 0.240 e. The van der Waals surface area contributed by atoms with Crippen LogP contribution in [0.1, 0.15) is 19.3 Å². The number of nitrogens with one attached hydrogen (secondary N) is 2. The predicted molar refractivity (Wildman–Crippen MR) is 62.2 cm³/mol. The summed E-state index contributed by atoms with van der Waals surface area (Å²) in [7, 11) is 0. The highest BCUT2D eigenvalue weighted by Crippen LogP contribution is 2.38. The van der Waals surface area contributed by atoms with E-state index < -0.39 is 0 Å². The Morgan fingerprint density at radius 3 is 3.06 bits per heavy atom. The second kappa shape index (κ2) is 4.29. The molecule has 3 unspecified atom stereocenters. The van der Waals surface area contributed by atoms with Gasteiger partial charge in [0.2, 0.25) is 11.8 Å². The van der Waals surface area contributed by atoms with Gasteiger partial charge in [-0.15, -0.1) is 0 Å². The molecular formula is C12H19N3O2. The SMILES string of the molecule is O=C1CN(C(=O)C2NCC3CCCC32)CCN1. The summed E-state index contributed by atoms with van der Waals surface area (Å²) in [6.07, 6.45) is 3.66. The molecule has 2 N–H and O–H groups in total. The van der Waals surface area contributed by atoms with E-state index in [9.17, 15) is 9.59 Å². The second-order valence-corrected chi connectivity index (χ2v) is 5.35. The lowest BCUT2D eigenvalue weighted by Gasteiger charge is -2.30. The average molecular weight is 237 g/mol. The summed E-state index contributed by atoms with van der Waals surface area (Å²) in [5.41, 5.74) is 0. The van der Waals surface area contributed by atoms with Crippen LogP contribution in [0.3, 0.4) is 0 Å². The summed E-state index contributed by atoms with van der Waals surface area (Å²) >= 11 is 0. The molecule has 1 saturated carbocycles. The minimum Gasteiger partial charge on any atom is -0.353 e. The van der Waals surface area contributed by atoms with Crippen molar-refractivity contribution in [3.63, 3.8) is 0 Å². The van der Waals surface area contributed by atoms with Crippen LogP contribution in [0.25, 0.3) is 0 Å². The van der Waals surface area contributed by atoms with Crippen molar-refractivity contribution in [2.75, 3.05) is 26.2 Å². The van der Waals surface area contributed by atoms with Gasteiger partial charge in [0.15, 0.2) is 0 Å². The van der Waals surface area contributed by atoms with Crippen LogP contribution in [0.2, 0.25) is 0 Å². The number of carbonyl (C=O) groups is 2. The molecule has 5 nitrogen and oxygen atoms in total. The van der Waals surface area contributed by atoms with E-state index >= 15 is 0 Å². The van der Waals surface area contributed by atoms with Gasteiger partial charge in [-0.3, -0.25) is 9.59 Å². The Balaban J connectivity index is 1.67. The number of amides is 2. The van der Waals surface area contributed by atoms with Gasteiger partial charge in [-0.25, -0.2) is 0 Å². The van der Waals surface area contributed by atoms with E-state index in [4.69, 9.17) is 0 Å². The molecule has 2 amide bonds. The van der Waals surface area contributed by atoms with Crippen LogP contribution < -0.4 is 10.6 Å². The fourth-order valence-electron chi connectivity index (χ4n) is 3.48. The molecule has 94 valence electrons. The summed E-state index contributed by atoms with van der Waals surface area (Å²) in [5.74, 6) is 1.29. The van der Waals surface area contributed by atoms with E-state index in [1.54, 1.807) is 4.90 Å². The lowest BCUT2D eigenvalue weighted by Crippen LogP contribution is -2.55. The van der Waals surface area contributed by atoms with Crippen LogP contribution in [0.4, 0.5) is 0 Å². The normalized spacial score (nSPS) is 36.8. The summed E-state index contributed by atoms with van der Waals surface area (Å²) in [6.45, 7) is 2.45. The Morgan fingerprint density at radius 1 is 1.35 bits per heavy atom. The minimum absolute atomic E-state index is 0.0339. The van der Waals surface area contributed by atoms with Gasteiger partial charge in [-0.05, 0) is 31.2 Å². The van der Waals surface area contributed by atoms with Gasteiger partial charge in [0.1, 0.15) is 0 Å². The van der Waals surface area contributed by atoms with E-state index in [2.05, 4.69) is 10.6 Å².